The number of amides is 2. The largest absolute Gasteiger partial charge is 0.497 e. The van der Waals surface area contributed by atoms with Gasteiger partial charge in [-0.15, -0.1) is 0 Å². The van der Waals surface area contributed by atoms with Gasteiger partial charge in [0.15, 0.2) is 0 Å². The van der Waals surface area contributed by atoms with Crippen LogP contribution in [-0.2, 0) is 6.42 Å². The van der Waals surface area contributed by atoms with Crippen molar-refractivity contribution < 1.29 is 9.53 Å². The summed E-state index contributed by atoms with van der Waals surface area (Å²) < 4.78 is 5.14. The lowest BCUT2D eigenvalue weighted by Crippen LogP contribution is -2.38. The van der Waals surface area contributed by atoms with Crippen molar-refractivity contribution in [3.05, 3.63) is 65.2 Å². The van der Waals surface area contributed by atoms with Crippen LogP contribution in [0.2, 0.25) is 0 Å². The van der Waals surface area contributed by atoms with Gasteiger partial charge in [0, 0.05) is 6.54 Å². The minimum atomic E-state index is -0.151. The molecular formula is C19H24N2O2. The van der Waals surface area contributed by atoms with E-state index in [1.807, 2.05) is 43.3 Å². The summed E-state index contributed by atoms with van der Waals surface area (Å²) in [6, 6.07) is 15.7. The molecule has 4 nitrogen and oxygen atoms in total. The second kappa shape index (κ2) is 8.22. The first-order chi connectivity index (χ1) is 11.1. The molecule has 0 radical (unpaired) electrons. The van der Waals surface area contributed by atoms with Crippen LogP contribution in [0.15, 0.2) is 48.5 Å². The fourth-order valence-corrected chi connectivity index (χ4v) is 2.42. The summed E-state index contributed by atoms with van der Waals surface area (Å²) in [5, 5.41) is 5.85. The first kappa shape index (κ1) is 16.9. The molecule has 2 aromatic carbocycles. The maximum atomic E-state index is 12.0. The molecule has 0 aliphatic rings. The predicted octanol–water partition coefficient (Wildman–Crippen LogP) is 3.61. The number of carbonyl (C=O) groups excluding carboxylic acids is 1. The standard InChI is InChI=1S/C19H24N2O2/c1-14-6-4-5-7-16(14)12-13-20-19(22)21-15(2)17-8-10-18(23-3)11-9-17/h4-11,15H,12-13H2,1-3H3,(H2,20,21,22). The van der Waals surface area contributed by atoms with E-state index in [4.69, 9.17) is 4.74 Å². The van der Waals surface area contributed by atoms with Crippen LogP contribution in [0, 0.1) is 6.92 Å². The molecule has 4 heteroatoms. The van der Waals surface area contributed by atoms with Gasteiger partial charge in [0.1, 0.15) is 5.75 Å². The van der Waals surface area contributed by atoms with E-state index >= 15 is 0 Å². The Morgan fingerprint density at radius 1 is 1.13 bits per heavy atom. The van der Waals surface area contributed by atoms with E-state index in [-0.39, 0.29) is 12.1 Å². The average molecular weight is 312 g/mol. The molecule has 2 N–H and O–H groups in total. The quantitative estimate of drug-likeness (QED) is 0.856. The fourth-order valence-electron chi connectivity index (χ4n) is 2.42. The highest BCUT2D eigenvalue weighted by atomic mass is 16.5. The lowest BCUT2D eigenvalue weighted by molar-refractivity contribution is 0.238. The molecule has 23 heavy (non-hydrogen) atoms. The number of aryl methyl sites for hydroxylation is 1. The number of rotatable bonds is 6. The highest BCUT2D eigenvalue weighted by Crippen LogP contribution is 2.17. The molecule has 0 spiro atoms. The Hall–Kier alpha value is -2.49. The molecule has 1 atom stereocenters. The number of ether oxygens (including phenoxy) is 1. The number of carbonyl (C=O) groups is 1. The average Bonchev–Trinajstić information content (AvgIpc) is 2.56. The van der Waals surface area contributed by atoms with Gasteiger partial charge in [0.2, 0.25) is 0 Å². The number of urea groups is 1. The van der Waals surface area contributed by atoms with Crippen molar-refractivity contribution in [2.45, 2.75) is 26.3 Å². The Morgan fingerprint density at radius 3 is 2.48 bits per heavy atom. The van der Waals surface area contributed by atoms with Crippen molar-refractivity contribution in [1.82, 2.24) is 10.6 Å². The predicted molar refractivity (Wildman–Crippen MR) is 92.8 cm³/mol. The summed E-state index contributed by atoms with van der Waals surface area (Å²) in [5.74, 6) is 0.809. The second-order valence-electron chi connectivity index (χ2n) is 5.57. The van der Waals surface area contributed by atoms with Gasteiger partial charge < -0.3 is 15.4 Å². The van der Waals surface area contributed by atoms with Crippen LogP contribution in [-0.4, -0.2) is 19.7 Å². The number of benzene rings is 2. The molecule has 0 aliphatic carbocycles. The monoisotopic (exact) mass is 312 g/mol. The number of nitrogens with one attached hydrogen (secondary N) is 2. The Kier molecular flexibility index (Phi) is 6.03. The summed E-state index contributed by atoms with van der Waals surface area (Å²) >= 11 is 0. The summed E-state index contributed by atoms with van der Waals surface area (Å²) in [7, 11) is 1.64. The number of hydrogen-bond donors (Lipinski definition) is 2. The third-order valence-corrected chi connectivity index (χ3v) is 3.90. The van der Waals surface area contributed by atoms with Crippen molar-refractivity contribution in [1.29, 1.82) is 0 Å². The van der Waals surface area contributed by atoms with Gasteiger partial charge in [0.05, 0.1) is 13.2 Å². The zero-order valence-corrected chi connectivity index (χ0v) is 13.9. The highest BCUT2D eigenvalue weighted by Gasteiger charge is 2.09. The van der Waals surface area contributed by atoms with E-state index in [1.54, 1.807) is 7.11 Å². The molecule has 0 fully saturated rings. The van der Waals surface area contributed by atoms with Crippen molar-refractivity contribution in [2.75, 3.05) is 13.7 Å². The first-order valence-corrected chi connectivity index (χ1v) is 7.83. The van der Waals surface area contributed by atoms with Crippen LogP contribution in [0.5, 0.6) is 5.75 Å². The molecule has 0 saturated carbocycles. The minimum Gasteiger partial charge on any atom is -0.497 e. The molecule has 0 saturated heterocycles. The van der Waals surface area contributed by atoms with E-state index in [1.165, 1.54) is 11.1 Å². The molecule has 122 valence electrons. The third kappa shape index (κ3) is 5.02. The zero-order chi connectivity index (χ0) is 16.7. The van der Waals surface area contributed by atoms with E-state index in [0.717, 1.165) is 17.7 Å². The van der Waals surface area contributed by atoms with Crippen molar-refractivity contribution >= 4 is 6.03 Å². The van der Waals surface area contributed by atoms with E-state index in [9.17, 15) is 4.79 Å². The Balaban J connectivity index is 1.78. The van der Waals surface area contributed by atoms with Gasteiger partial charge in [-0.1, -0.05) is 36.4 Å². The lowest BCUT2D eigenvalue weighted by Gasteiger charge is -2.15. The lowest BCUT2D eigenvalue weighted by atomic mass is 10.1. The van der Waals surface area contributed by atoms with Gasteiger partial charge in [0.25, 0.3) is 0 Å². The van der Waals surface area contributed by atoms with Gasteiger partial charge >= 0.3 is 6.03 Å². The molecular weight excluding hydrogens is 288 g/mol. The summed E-state index contributed by atoms with van der Waals surface area (Å²) in [5.41, 5.74) is 3.55. The van der Waals surface area contributed by atoms with E-state index < -0.39 is 0 Å². The number of hydrogen-bond acceptors (Lipinski definition) is 2. The third-order valence-electron chi connectivity index (χ3n) is 3.90. The van der Waals surface area contributed by atoms with Crippen LogP contribution in [0.4, 0.5) is 4.79 Å². The SMILES string of the molecule is COc1ccc(C(C)NC(=O)NCCc2ccccc2C)cc1. The second-order valence-corrected chi connectivity index (χ2v) is 5.57. The Morgan fingerprint density at radius 2 is 1.83 bits per heavy atom. The summed E-state index contributed by atoms with van der Waals surface area (Å²) in [6.45, 7) is 4.66. The summed E-state index contributed by atoms with van der Waals surface area (Å²) in [6.07, 6.45) is 0.830. The molecule has 0 heterocycles. The molecule has 0 bridgehead atoms. The van der Waals surface area contributed by atoms with Crippen LogP contribution in [0.3, 0.4) is 0 Å². The highest BCUT2D eigenvalue weighted by molar-refractivity contribution is 5.74. The molecule has 2 amide bonds. The summed E-state index contributed by atoms with van der Waals surface area (Å²) in [4.78, 5) is 12.0. The van der Waals surface area contributed by atoms with Crippen LogP contribution < -0.4 is 15.4 Å². The van der Waals surface area contributed by atoms with Gasteiger partial charge in [-0.2, -0.15) is 0 Å². The molecule has 1 unspecified atom stereocenters. The smallest absolute Gasteiger partial charge is 0.315 e. The van der Waals surface area contributed by atoms with E-state index in [2.05, 4.69) is 29.7 Å². The van der Waals surface area contributed by atoms with E-state index in [0.29, 0.717) is 6.54 Å². The van der Waals surface area contributed by atoms with Crippen LogP contribution in [0.1, 0.15) is 29.7 Å². The molecule has 2 aromatic rings. The van der Waals surface area contributed by atoms with Gasteiger partial charge in [-0.25, -0.2) is 4.79 Å². The zero-order valence-electron chi connectivity index (χ0n) is 13.9. The molecule has 0 aromatic heterocycles. The maximum absolute atomic E-state index is 12.0. The van der Waals surface area contributed by atoms with Crippen molar-refractivity contribution in [3.8, 4) is 5.75 Å². The minimum absolute atomic E-state index is 0.0561. The Labute approximate surface area is 137 Å². The fraction of sp³-hybridized carbons (Fsp3) is 0.316. The van der Waals surface area contributed by atoms with Gasteiger partial charge in [-0.3, -0.25) is 0 Å². The maximum Gasteiger partial charge on any atom is 0.315 e. The van der Waals surface area contributed by atoms with Crippen LogP contribution in [0.25, 0.3) is 0 Å². The first-order valence-electron chi connectivity index (χ1n) is 7.83. The Bertz CT molecular complexity index is 638. The number of methoxy groups -OCH3 is 1. The van der Waals surface area contributed by atoms with Crippen molar-refractivity contribution in [3.63, 3.8) is 0 Å². The van der Waals surface area contributed by atoms with Crippen LogP contribution >= 0.6 is 0 Å². The normalized spacial score (nSPS) is 11.6. The van der Waals surface area contributed by atoms with Crippen molar-refractivity contribution in [2.24, 2.45) is 0 Å². The topological polar surface area (TPSA) is 50.4 Å². The van der Waals surface area contributed by atoms with Gasteiger partial charge in [-0.05, 0) is 49.1 Å². The molecule has 2 rings (SSSR count). The molecule has 0 aliphatic heterocycles.